The Kier molecular flexibility index (Phi) is 2.90. The van der Waals surface area contributed by atoms with Crippen molar-refractivity contribution in [1.82, 2.24) is 9.38 Å². The maximum Gasteiger partial charge on any atom is 0.340 e. The van der Waals surface area contributed by atoms with Gasteiger partial charge in [0.25, 0.3) is 5.56 Å². The Morgan fingerprint density at radius 1 is 1.28 bits per heavy atom. The number of hydrogen-bond acceptors (Lipinski definition) is 4. The summed E-state index contributed by atoms with van der Waals surface area (Å²) in [5, 5.41) is 0. The summed E-state index contributed by atoms with van der Waals surface area (Å²) >= 11 is 0. The van der Waals surface area contributed by atoms with Crippen LogP contribution in [0.5, 0.6) is 0 Å². The first-order chi connectivity index (χ1) is 8.35. The van der Waals surface area contributed by atoms with Crippen LogP contribution in [0.25, 0.3) is 5.65 Å². The van der Waals surface area contributed by atoms with Crippen LogP contribution in [0.1, 0.15) is 31.1 Å². The minimum Gasteiger partial charge on any atom is -0.456 e. The summed E-state index contributed by atoms with van der Waals surface area (Å²) in [6.07, 6.45) is 3.16. The van der Waals surface area contributed by atoms with Crippen molar-refractivity contribution in [3.05, 3.63) is 46.5 Å². The van der Waals surface area contributed by atoms with Crippen LogP contribution in [0, 0.1) is 0 Å². The van der Waals surface area contributed by atoms with Gasteiger partial charge < -0.3 is 9.14 Å². The van der Waals surface area contributed by atoms with Crippen LogP contribution < -0.4 is 5.56 Å². The topological polar surface area (TPSA) is 60.7 Å². The maximum atomic E-state index is 11.9. The van der Waals surface area contributed by atoms with Crippen molar-refractivity contribution in [1.29, 1.82) is 0 Å². The van der Waals surface area contributed by atoms with E-state index in [9.17, 15) is 9.59 Å². The number of pyridine rings is 1. The van der Waals surface area contributed by atoms with Crippen molar-refractivity contribution in [3.8, 4) is 0 Å². The monoisotopic (exact) mass is 246 g/mol. The molecule has 0 saturated carbocycles. The second kappa shape index (κ2) is 4.25. The van der Waals surface area contributed by atoms with Crippen LogP contribution in [-0.4, -0.2) is 21.0 Å². The van der Waals surface area contributed by atoms with Gasteiger partial charge in [-0.2, -0.15) is 4.98 Å². The van der Waals surface area contributed by atoms with E-state index in [1.807, 2.05) is 20.8 Å². The molecule has 2 aromatic rings. The van der Waals surface area contributed by atoms with Crippen molar-refractivity contribution in [2.75, 3.05) is 0 Å². The fraction of sp³-hybridized carbons (Fsp3) is 0.308. The summed E-state index contributed by atoms with van der Waals surface area (Å²) in [5.41, 5.74) is 0.0751. The lowest BCUT2D eigenvalue weighted by atomic mass is 10.2. The van der Waals surface area contributed by atoms with E-state index in [4.69, 9.17) is 4.74 Å². The Bertz CT molecular complexity index is 653. The highest BCUT2D eigenvalue weighted by molar-refractivity contribution is 5.89. The average Bonchev–Trinajstić information content (AvgIpc) is 2.26. The second-order valence-corrected chi connectivity index (χ2v) is 4.95. The largest absolute Gasteiger partial charge is 0.456 e. The third kappa shape index (κ3) is 2.74. The highest BCUT2D eigenvalue weighted by Gasteiger charge is 2.18. The third-order valence-corrected chi connectivity index (χ3v) is 2.19. The lowest BCUT2D eigenvalue weighted by Crippen LogP contribution is -2.24. The van der Waals surface area contributed by atoms with Crippen molar-refractivity contribution < 1.29 is 9.53 Å². The average molecular weight is 246 g/mol. The Balaban J connectivity index is 2.39. The molecule has 0 unspecified atom stereocenters. The number of carbonyl (C=O) groups is 1. The number of rotatable bonds is 1. The highest BCUT2D eigenvalue weighted by atomic mass is 16.6. The number of carbonyl (C=O) groups excluding carboxylic acids is 1. The lowest BCUT2D eigenvalue weighted by Gasteiger charge is -2.19. The molecule has 0 radical (unpaired) electrons. The van der Waals surface area contributed by atoms with Crippen molar-refractivity contribution in [2.45, 2.75) is 26.4 Å². The molecule has 0 N–H and O–H groups in total. The molecule has 0 bridgehead atoms. The van der Waals surface area contributed by atoms with Gasteiger partial charge in [-0.1, -0.05) is 0 Å². The first-order valence-corrected chi connectivity index (χ1v) is 5.58. The van der Waals surface area contributed by atoms with Gasteiger partial charge in [0.2, 0.25) is 0 Å². The maximum absolute atomic E-state index is 11.9. The summed E-state index contributed by atoms with van der Waals surface area (Å²) in [5.74, 6) is -0.400. The molecule has 0 atom stereocenters. The predicted molar refractivity (Wildman–Crippen MR) is 66.6 cm³/mol. The van der Waals surface area contributed by atoms with Gasteiger partial charge in [0.1, 0.15) is 11.2 Å². The summed E-state index contributed by atoms with van der Waals surface area (Å²) in [6.45, 7) is 5.43. The zero-order valence-corrected chi connectivity index (χ0v) is 10.5. The smallest absolute Gasteiger partial charge is 0.340 e. The van der Waals surface area contributed by atoms with Gasteiger partial charge in [-0.3, -0.25) is 4.79 Å². The van der Waals surface area contributed by atoms with Gasteiger partial charge in [-0.05, 0) is 32.9 Å². The third-order valence-electron chi connectivity index (χ3n) is 2.19. The van der Waals surface area contributed by atoms with Crippen LogP contribution in [0.4, 0.5) is 0 Å². The first kappa shape index (κ1) is 12.3. The summed E-state index contributed by atoms with van der Waals surface area (Å²) < 4.78 is 6.87. The summed E-state index contributed by atoms with van der Waals surface area (Å²) in [4.78, 5) is 26.7. The Morgan fingerprint density at radius 2 is 2.00 bits per heavy atom. The molecule has 0 saturated heterocycles. The lowest BCUT2D eigenvalue weighted by molar-refractivity contribution is 0.00690. The molecule has 94 valence electrons. The number of nitrogens with zero attached hydrogens (tertiary/aromatic N) is 2. The van der Waals surface area contributed by atoms with E-state index < -0.39 is 11.6 Å². The molecular weight excluding hydrogens is 232 g/mol. The van der Waals surface area contributed by atoms with Crippen molar-refractivity contribution in [3.63, 3.8) is 0 Å². The molecule has 0 aromatic carbocycles. The molecule has 0 aliphatic carbocycles. The Hall–Kier alpha value is -2.17. The quantitative estimate of drug-likeness (QED) is 0.718. The van der Waals surface area contributed by atoms with Gasteiger partial charge in [0.05, 0.1) is 5.56 Å². The van der Waals surface area contributed by atoms with Crippen LogP contribution in [0.3, 0.4) is 0 Å². The minimum absolute atomic E-state index is 0.306. The molecule has 18 heavy (non-hydrogen) atoms. The van der Waals surface area contributed by atoms with Gasteiger partial charge in [-0.25, -0.2) is 4.79 Å². The van der Waals surface area contributed by atoms with Crippen molar-refractivity contribution >= 4 is 11.6 Å². The fourth-order valence-corrected chi connectivity index (χ4v) is 1.48. The first-order valence-electron chi connectivity index (χ1n) is 5.58. The number of ether oxygens (including phenoxy) is 1. The van der Waals surface area contributed by atoms with Gasteiger partial charge in [-0.15, -0.1) is 0 Å². The second-order valence-electron chi connectivity index (χ2n) is 4.95. The molecule has 0 fully saturated rings. The van der Waals surface area contributed by atoms with Gasteiger partial charge in [0.15, 0.2) is 0 Å². The van der Waals surface area contributed by atoms with E-state index >= 15 is 0 Å². The molecule has 5 heteroatoms. The van der Waals surface area contributed by atoms with E-state index in [2.05, 4.69) is 4.98 Å². The summed E-state index contributed by atoms with van der Waals surface area (Å²) in [7, 11) is 0. The zero-order valence-electron chi connectivity index (χ0n) is 10.5. The fourth-order valence-electron chi connectivity index (χ4n) is 1.48. The minimum atomic E-state index is -0.534. The van der Waals surface area contributed by atoms with E-state index in [0.29, 0.717) is 11.2 Å². The molecule has 2 aromatic heterocycles. The van der Waals surface area contributed by atoms with E-state index in [1.165, 1.54) is 6.07 Å². The van der Waals surface area contributed by atoms with E-state index in [1.54, 1.807) is 28.9 Å². The molecule has 2 heterocycles. The molecule has 0 spiro atoms. The van der Waals surface area contributed by atoms with Crippen molar-refractivity contribution in [2.24, 2.45) is 0 Å². The molecule has 0 amide bonds. The standard InChI is InChI=1S/C13H14N2O3/c1-13(2,3)18-12(17)9-4-5-10-14-11(16)6-7-15(10)8-9/h4-8H,1-3H3. The highest BCUT2D eigenvalue weighted by Crippen LogP contribution is 2.12. The Labute approximate surface area is 104 Å². The molecular formula is C13H14N2O3. The number of esters is 1. The number of aromatic nitrogens is 2. The molecule has 0 aliphatic rings. The van der Waals surface area contributed by atoms with Crippen LogP contribution in [0.15, 0.2) is 35.4 Å². The SMILES string of the molecule is CC(C)(C)OC(=O)c1ccc2nc(=O)ccn2c1. The zero-order chi connectivity index (χ0) is 13.3. The van der Waals surface area contributed by atoms with Gasteiger partial charge >= 0.3 is 5.97 Å². The number of hydrogen-bond donors (Lipinski definition) is 0. The summed E-state index contributed by atoms with van der Waals surface area (Å²) in [6, 6.07) is 4.54. The Morgan fingerprint density at radius 3 is 2.67 bits per heavy atom. The van der Waals surface area contributed by atoms with Crippen LogP contribution >= 0.6 is 0 Å². The molecule has 2 rings (SSSR count). The van der Waals surface area contributed by atoms with Gasteiger partial charge in [0, 0.05) is 18.5 Å². The number of fused-ring (bicyclic) bond motifs is 1. The van der Waals surface area contributed by atoms with Crippen LogP contribution in [0.2, 0.25) is 0 Å². The van der Waals surface area contributed by atoms with Crippen LogP contribution in [-0.2, 0) is 4.74 Å². The molecule has 0 aliphatic heterocycles. The molecule has 5 nitrogen and oxygen atoms in total. The van der Waals surface area contributed by atoms with E-state index in [0.717, 1.165) is 0 Å². The normalized spacial score (nSPS) is 11.5. The predicted octanol–water partition coefficient (Wildman–Crippen LogP) is 1.65. The van der Waals surface area contributed by atoms with E-state index in [-0.39, 0.29) is 5.56 Å².